The monoisotopic (exact) mass is 466 g/mol. The first-order chi connectivity index (χ1) is 14.7. The highest BCUT2D eigenvalue weighted by atomic mass is 35.5. The van der Waals surface area contributed by atoms with Crippen molar-refractivity contribution in [3.63, 3.8) is 0 Å². The second-order valence-corrected chi connectivity index (χ2v) is 10.5. The van der Waals surface area contributed by atoms with Crippen LogP contribution in [0.3, 0.4) is 0 Å². The molecule has 2 aliphatic rings. The number of halogens is 2. The van der Waals surface area contributed by atoms with Crippen LogP contribution >= 0.6 is 11.6 Å². The molecule has 2 aromatic rings. The lowest BCUT2D eigenvalue weighted by atomic mass is 10.1. The molecule has 1 amide bonds. The van der Waals surface area contributed by atoms with Crippen LogP contribution in [0.5, 0.6) is 5.75 Å². The molecule has 0 N–H and O–H groups in total. The van der Waals surface area contributed by atoms with E-state index in [-0.39, 0.29) is 16.4 Å². The van der Waals surface area contributed by atoms with Crippen molar-refractivity contribution in [2.24, 2.45) is 5.92 Å². The summed E-state index contributed by atoms with van der Waals surface area (Å²) in [6, 6.07) is 8.97. The third kappa shape index (κ3) is 5.13. The number of amides is 1. The standard InChI is InChI=1S/C22H24ClFN2O4S/c1-31(28,29)17-5-7-21(30-14-15-2-3-15)18(13-17)22(27)26-10-8-25(9-11-26)20-6-4-16(23)12-19(20)24/h4-7,12-13,15H,2-3,8-11,14H2,1H3. The molecule has 0 atom stereocenters. The number of nitrogens with zero attached hydrogens (tertiary/aromatic N) is 2. The fraction of sp³-hybridized carbons (Fsp3) is 0.409. The molecule has 6 nitrogen and oxygen atoms in total. The topological polar surface area (TPSA) is 66.9 Å². The minimum absolute atomic E-state index is 0.0801. The summed E-state index contributed by atoms with van der Waals surface area (Å²) in [6.45, 7) is 2.18. The highest BCUT2D eigenvalue weighted by Gasteiger charge is 2.28. The average Bonchev–Trinajstić information content (AvgIpc) is 3.56. The Morgan fingerprint density at radius 2 is 1.84 bits per heavy atom. The van der Waals surface area contributed by atoms with Gasteiger partial charge < -0.3 is 14.5 Å². The van der Waals surface area contributed by atoms with Crippen LogP contribution in [-0.2, 0) is 9.84 Å². The molecule has 1 saturated heterocycles. The van der Waals surface area contributed by atoms with Crippen molar-refractivity contribution >= 4 is 33.0 Å². The van der Waals surface area contributed by atoms with Gasteiger partial charge in [0.2, 0.25) is 0 Å². The van der Waals surface area contributed by atoms with Crippen LogP contribution in [0.15, 0.2) is 41.3 Å². The molecule has 2 fully saturated rings. The largest absolute Gasteiger partial charge is 0.492 e. The maximum atomic E-state index is 14.2. The lowest BCUT2D eigenvalue weighted by molar-refractivity contribution is 0.0741. The van der Waals surface area contributed by atoms with Gasteiger partial charge in [-0.1, -0.05) is 11.6 Å². The van der Waals surface area contributed by atoms with Crippen molar-refractivity contribution in [1.82, 2.24) is 4.90 Å². The lowest BCUT2D eigenvalue weighted by Crippen LogP contribution is -2.49. The van der Waals surface area contributed by atoms with E-state index in [9.17, 15) is 17.6 Å². The van der Waals surface area contributed by atoms with Crippen molar-refractivity contribution in [1.29, 1.82) is 0 Å². The van der Waals surface area contributed by atoms with E-state index in [1.165, 1.54) is 18.2 Å². The molecule has 0 aromatic heterocycles. The lowest BCUT2D eigenvalue weighted by Gasteiger charge is -2.36. The Morgan fingerprint density at radius 1 is 1.13 bits per heavy atom. The summed E-state index contributed by atoms with van der Waals surface area (Å²) < 4.78 is 44.1. The van der Waals surface area contributed by atoms with Gasteiger partial charge in [0.25, 0.3) is 5.91 Å². The summed E-state index contributed by atoms with van der Waals surface area (Å²) in [7, 11) is -3.47. The van der Waals surface area contributed by atoms with Crippen molar-refractivity contribution in [2.75, 3.05) is 43.9 Å². The number of carbonyl (C=O) groups excluding carboxylic acids is 1. The minimum atomic E-state index is -3.47. The number of carbonyl (C=O) groups is 1. The summed E-state index contributed by atoms with van der Waals surface area (Å²) in [5.41, 5.74) is 0.693. The van der Waals surface area contributed by atoms with Crippen LogP contribution in [-0.4, -0.2) is 58.3 Å². The number of benzene rings is 2. The summed E-state index contributed by atoms with van der Waals surface area (Å²) in [5.74, 6) is 0.210. The van der Waals surface area contributed by atoms with Gasteiger partial charge in [-0.15, -0.1) is 0 Å². The molecule has 166 valence electrons. The van der Waals surface area contributed by atoms with Gasteiger partial charge in [-0.2, -0.15) is 0 Å². The van der Waals surface area contributed by atoms with E-state index >= 15 is 0 Å². The number of hydrogen-bond acceptors (Lipinski definition) is 5. The second-order valence-electron chi connectivity index (χ2n) is 8.06. The second kappa shape index (κ2) is 8.67. The van der Waals surface area contributed by atoms with Gasteiger partial charge in [-0.3, -0.25) is 4.79 Å². The average molecular weight is 467 g/mol. The maximum absolute atomic E-state index is 14.2. The molecular formula is C22H24ClFN2O4S. The van der Waals surface area contributed by atoms with E-state index in [4.69, 9.17) is 16.3 Å². The fourth-order valence-corrected chi connectivity index (χ4v) is 4.39. The van der Waals surface area contributed by atoms with E-state index in [1.54, 1.807) is 23.1 Å². The van der Waals surface area contributed by atoms with E-state index in [2.05, 4.69) is 0 Å². The molecule has 1 saturated carbocycles. The normalized spacial score (nSPS) is 17.0. The van der Waals surface area contributed by atoms with E-state index < -0.39 is 15.7 Å². The molecule has 0 radical (unpaired) electrons. The highest BCUT2D eigenvalue weighted by molar-refractivity contribution is 7.90. The van der Waals surface area contributed by atoms with Gasteiger partial charge in [0.05, 0.1) is 22.8 Å². The molecule has 31 heavy (non-hydrogen) atoms. The molecule has 0 unspecified atom stereocenters. The number of anilines is 1. The molecule has 4 rings (SSSR count). The zero-order chi connectivity index (χ0) is 22.2. The zero-order valence-electron chi connectivity index (χ0n) is 17.2. The van der Waals surface area contributed by atoms with Gasteiger partial charge in [0.1, 0.15) is 11.6 Å². The van der Waals surface area contributed by atoms with Gasteiger partial charge in [-0.05, 0) is 55.2 Å². The van der Waals surface area contributed by atoms with E-state index in [1.807, 2.05) is 4.90 Å². The van der Waals surface area contributed by atoms with Crippen LogP contribution < -0.4 is 9.64 Å². The predicted molar refractivity (Wildman–Crippen MR) is 117 cm³/mol. The fourth-order valence-electron chi connectivity index (χ4n) is 3.58. The van der Waals surface area contributed by atoms with E-state index in [0.717, 1.165) is 19.1 Å². The number of rotatable bonds is 6. The molecule has 2 aromatic carbocycles. The van der Waals surface area contributed by atoms with Crippen LogP contribution in [0.1, 0.15) is 23.2 Å². The van der Waals surface area contributed by atoms with E-state index in [0.29, 0.717) is 55.2 Å². The minimum Gasteiger partial charge on any atom is -0.492 e. The first kappa shape index (κ1) is 21.9. The Kier molecular flexibility index (Phi) is 6.12. The number of ether oxygens (including phenoxy) is 1. The molecule has 1 heterocycles. The van der Waals surface area contributed by atoms with Crippen LogP contribution in [0.2, 0.25) is 5.02 Å². The first-order valence-corrected chi connectivity index (χ1v) is 12.5. The molecule has 9 heteroatoms. The highest BCUT2D eigenvalue weighted by Crippen LogP contribution is 2.32. The third-order valence-corrected chi connectivity index (χ3v) is 6.94. The number of piperazine rings is 1. The smallest absolute Gasteiger partial charge is 0.257 e. The van der Waals surface area contributed by atoms with Gasteiger partial charge in [0, 0.05) is 37.5 Å². The Bertz CT molecular complexity index is 1100. The summed E-state index contributed by atoms with van der Waals surface area (Å²) in [4.78, 5) is 16.9. The molecular weight excluding hydrogens is 443 g/mol. The van der Waals surface area contributed by atoms with Crippen LogP contribution in [0.25, 0.3) is 0 Å². The summed E-state index contributed by atoms with van der Waals surface area (Å²) >= 11 is 5.83. The maximum Gasteiger partial charge on any atom is 0.257 e. The van der Waals surface area contributed by atoms with Crippen molar-refractivity contribution in [2.45, 2.75) is 17.7 Å². The Morgan fingerprint density at radius 3 is 2.45 bits per heavy atom. The Labute approximate surface area is 186 Å². The van der Waals surface area contributed by atoms with Crippen molar-refractivity contribution in [3.05, 3.63) is 52.8 Å². The van der Waals surface area contributed by atoms with Crippen LogP contribution in [0, 0.1) is 11.7 Å². The quantitative estimate of drug-likeness (QED) is 0.650. The molecule has 1 aliphatic carbocycles. The predicted octanol–water partition coefficient (Wildman–Crippen LogP) is 3.63. The van der Waals surface area contributed by atoms with Gasteiger partial charge in [0.15, 0.2) is 9.84 Å². The molecule has 0 spiro atoms. The Balaban J connectivity index is 1.51. The van der Waals surface area contributed by atoms with Crippen LogP contribution in [0.4, 0.5) is 10.1 Å². The molecule has 0 bridgehead atoms. The molecule has 1 aliphatic heterocycles. The number of sulfone groups is 1. The van der Waals surface area contributed by atoms with Crippen molar-refractivity contribution in [3.8, 4) is 5.75 Å². The summed E-state index contributed by atoms with van der Waals surface area (Å²) in [5, 5.41) is 0.333. The van der Waals surface area contributed by atoms with Crippen molar-refractivity contribution < 1.29 is 22.3 Å². The third-order valence-electron chi connectivity index (χ3n) is 5.60. The SMILES string of the molecule is CS(=O)(=O)c1ccc(OCC2CC2)c(C(=O)N2CCN(c3ccc(Cl)cc3F)CC2)c1. The van der Waals surface area contributed by atoms with Gasteiger partial charge >= 0.3 is 0 Å². The first-order valence-electron chi connectivity index (χ1n) is 10.2. The summed E-state index contributed by atoms with van der Waals surface area (Å²) in [6.07, 6.45) is 3.32. The zero-order valence-corrected chi connectivity index (χ0v) is 18.8. The van der Waals surface area contributed by atoms with Gasteiger partial charge in [-0.25, -0.2) is 12.8 Å². The number of hydrogen-bond donors (Lipinski definition) is 0. The Hall–Kier alpha value is -2.32.